The van der Waals surface area contributed by atoms with Crippen molar-refractivity contribution in [1.82, 2.24) is 10.1 Å². The highest BCUT2D eigenvalue weighted by molar-refractivity contribution is 5.14. The van der Waals surface area contributed by atoms with Gasteiger partial charge in [-0.25, -0.2) is 0 Å². The number of nitrogens with two attached hydrogens (primary N) is 1. The number of ether oxygens (including phenoxy) is 1. The van der Waals surface area contributed by atoms with Gasteiger partial charge in [-0.1, -0.05) is 11.6 Å². The minimum Gasteiger partial charge on any atom is -0.385 e. The molecule has 0 aromatic carbocycles. The Labute approximate surface area is 125 Å². The van der Waals surface area contributed by atoms with E-state index in [1.807, 2.05) is 0 Å². The second-order valence-corrected chi connectivity index (χ2v) is 7.32. The predicted octanol–water partition coefficient (Wildman–Crippen LogP) is 2.37. The van der Waals surface area contributed by atoms with Crippen LogP contribution in [-0.4, -0.2) is 29.9 Å². The van der Waals surface area contributed by atoms with E-state index >= 15 is 0 Å². The highest BCUT2D eigenvalue weighted by Gasteiger charge is 2.48. The largest absolute Gasteiger partial charge is 0.385 e. The van der Waals surface area contributed by atoms with Crippen molar-refractivity contribution in [3.8, 4) is 0 Å². The van der Waals surface area contributed by atoms with E-state index in [1.54, 1.807) is 7.11 Å². The van der Waals surface area contributed by atoms with E-state index in [4.69, 9.17) is 20.0 Å². The zero-order valence-electron chi connectivity index (χ0n) is 12.8. The normalized spacial score (nSPS) is 36.9. The number of hydrogen-bond donors (Lipinski definition) is 1. The molecule has 0 spiro atoms. The van der Waals surface area contributed by atoms with Crippen molar-refractivity contribution < 1.29 is 9.26 Å². The fourth-order valence-electron chi connectivity index (χ4n) is 4.59. The molecule has 1 unspecified atom stereocenters. The van der Waals surface area contributed by atoms with Crippen LogP contribution in [0.3, 0.4) is 0 Å². The molecule has 2 N–H and O–H groups in total. The first kappa shape index (κ1) is 13.7. The molecule has 0 radical (unpaired) electrons. The smallest absolute Gasteiger partial charge is 0.229 e. The first-order valence-corrected chi connectivity index (χ1v) is 8.30. The third-order valence-corrected chi connectivity index (χ3v) is 6.24. The Hall–Kier alpha value is -0.940. The maximum Gasteiger partial charge on any atom is 0.229 e. The van der Waals surface area contributed by atoms with Gasteiger partial charge in [-0.15, -0.1) is 0 Å². The molecule has 4 atom stereocenters. The number of fused-ring (bicyclic) bond motifs is 1. The molecule has 5 heteroatoms. The molecule has 4 rings (SSSR count). The van der Waals surface area contributed by atoms with Gasteiger partial charge in [-0.05, 0) is 50.4 Å². The molecule has 1 heterocycles. The molecule has 3 aliphatic rings. The van der Waals surface area contributed by atoms with Crippen molar-refractivity contribution >= 4 is 0 Å². The third kappa shape index (κ3) is 2.13. The van der Waals surface area contributed by atoms with Crippen LogP contribution in [0.15, 0.2) is 4.52 Å². The van der Waals surface area contributed by atoms with Crippen molar-refractivity contribution in [3.05, 3.63) is 11.7 Å². The number of methoxy groups -OCH3 is 1. The fraction of sp³-hybridized carbons (Fsp3) is 0.875. The van der Waals surface area contributed by atoms with Crippen molar-refractivity contribution in [3.63, 3.8) is 0 Å². The summed E-state index contributed by atoms with van der Waals surface area (Å²) in [6.45, 7) is 0.770. The molecule has 21 heavy (non-hydrogen) atoms. The lowest BCUT2D eigenvalue weighted by atomic mass is 9.66. The van der Waals surface area contributed by atoms with E-state index in [0.717, 1.165) is 49.9 Å². The van der Waals surface area contributed by atoms with Crippen molar-refractivity contribution in [1.29, 1.82) is 0 Å². The Bertz CT molecular complexity index is 511. The van der Waals surface area contributed by atoms with Gasteiger partial charge >= 0.3 is 0 Å². The summed E-state index contributed by atoms with van der Waals surface area (Å²) >= 11 is 0. The summed E-state index contributed by atoms with van der Waals surface area (Å²) in [5.41, 5.74) is 6.20. The van der Waals surface area contributed by atoms with Gasteiger partial charge in [0.25, 0.3) is 0 Å². The van der Waals surface area contributed by atoms with E-state index in [1.165, 1.54) is 19.3 Å². The van der Waals surface area contributed by atoms with Crippen LogP contribution in [-0.2, 0) is 10.2 Å². The second kappa shape index (κ2) is 5.06. The van der Waals surface area contributed by atoms with Crippen LogP contribution in [0.2, 0.25) is 0 Å². The molecule has 0 saturated heterocycles. The first-order valence-electron chi connectivity index (χ1n) is 8.30. The lowest BCUT2D eigenvalue weighted by Crippen LogP contribution is -2.44. The molecule has 1 aromatic heterocycles. The van der Waals surface area contributed by atoms with E-state index in [9.17, 15) is 0 Å². The molecule has 116 valence electrons. The molecule has 0 aliphatic heterocycles. The number of hydrogen-bond acceptors (Lipinski definition) is 5. The molecule has 0 bridgehead atoms. The highest BCUT2D eigenvalue weighted by atomic mass is 16.5. The molecule has 3 saturated carbocycles. The highest BCUT2D eigenvalue weighted by Crippen LogP contribution is 2.52. The first-order chi connectivity index (χ1) is 10.2. The maximum absolute atomic E-state index is 6.08. The summed E-state index contributed by atoms with van der Waals surface area (Å²) in [7, 11) is 1.76. The van der Waals surface area contributed by atoms with E-state index in [-0.39, 0.29) is 5.41 Å². The minimum atomic E-state index is 0.117. The van der Waals surface area contributed by atoms with Gasteiger partial charge in [0.15, 0.2) is 5.82 Å². The fourth-order valence-corrected chi connectivity index (χ4v) is 4.59. The summed E-state index contributed by atoms with van der Waals surface area (Å²) in [6.07, 6.45) is 8.09. The molecule has 0 amide bonds. The third-order valence-electron chi connectivity index (χ3n) is 6.24. The van der Waals surface area contributed by atoms with Gasteiger partial charge in [0.05, 0.1) is 0 Å². The number of rotatable bonds is 5. The molecule has 3 aliphatic carbocycles. The Morgan fingerprint density at radius 3 is 2.81 bits per heavy atom. The lowest BCUT2D eigenvalue weighted by molar-refractivity contribution is 0.122. The summed E-state index contributed by atoms with van der Waals surface area (Å²) in [5, 5.41) is 4.32. The molecular weight excluding hydrogens is 266 g/mol. The van der Waals surface area contributed by atoms with E-state index in [2.05, 4.69) is 5.16 Å². The predicted molar refractivity (Wildman–Crippen MR) is 77.9 cm³/mol. The van der Waals surface area contributed by atoms with Crippen LogP contribution in [0.5, 0.6) is 0 Å². The monoisotopic (exact) mass is 291 g/mol. The second-order valence-electron chi connectivity index (χ2n) is 7.32. The van der Waals surface area contributed by atoms with Crippen LogP contribution in [0.25, 0.3) is 0 Å². The summed E-state index contributed by atoms with van der Waals surface area (Å²) < 4.78 is 10.9. The van der Waals surface area contributed by atoms with Gasteiger partial charge in [-0.2, -0.15) is 4.98 Å². The SMILES string of the molecule is COCCC1(c2noc(C3C[C@@H]4C[C@H](N)[C@@H]4C3)n2)CCC1. The minimum absolute atomic E-state index is 0.117. The quantitative estimate of drug-likeness (QED) is 0.901. The Morgan fingerprint density at radius 2 is 2.19 bits per heavy atom. The molecule has 5 nitrogen and oxygen atoms in total. The van der Waals surface area contributed by atoms with Gasteiger partial charge < -0.3 is 15.0 Å². The van der Waals surface area contributed by atoms with Crippen LogP contribution < -0.4 is 5.73 Å². The topological polar surface area (TPSA) is 74.2 Å². The molecule has 1 aromatic rings. The van der Waals surface area contributed by atoms with Gasteiger partial charge in [0.1, 0.15) is 0 Å². The van der Waals surface area contributed by atoms with Crippen molar-refractivity contribution in [2.45, 2.75) is 62.3 Å². The summed E-state index contributed by atoms with van der Waals surface area (Å²) in [5.74, 6) is 3.71. The van der Waals surface area contributed by atoms with E-state index < -0.39 is 0 Å². The number of nitrogens with zero attached hydrogens (tertiary/aromatic N) is 2. The average molecular weight is 291 g/mol. The lowest BCUT2D eigenvalue weighted by Gasteiger charge is -2.38. The Kier molecular flexibility index (Phi) is 3.30. The zero-order valence-corrected chi connectivity index (χ0v) is 12.8. The standard InChI is InChI=1S/C16H25N3O2/c1-20-6-5-16(3-2-4-16)15-18-14(21-19-15)11-7-10-9-13(17)12(10)8-11/h10-13H,2-9,17H2,1H3/t10-,11?,12-,13+/m1/s1. The van der Waals surface area contributed by atoms with Crippen LogP contribution in [0.1, 0.15) is 62.6 Å². The van der Waals surface area contributed by atoms with Crippen LogP contribution >= 0.6 is 0 Å². The molecular formula is C16H25N3O2. The van der Waals surface area contributed by atoms with Crippen LogP contribution in [0, 0.1) is 11.8 Å². The molecule has 3 fully saturated rings. The van der Waals surface area contributed by atoms with Crippen molar-refractivity contribution in [2.24, 2.45) is 17.6 Å². The Balaban J connectivity index is 1.48. The summed E-state index contributed by atoms with van der Waals surface area (Å²) in [4.78, 5) is 4.79. The zero-order chi connectivity index (χ0) is 14.4. The number of aromatic nitrogens is 2. The van der Waals surface area contributed by atoms with Gasteiger partial charge in [-0.3, -0.25) is 0 Å². The Morgan fingerprint density at radius 1 is 1.33 bits per heavy atom. The van der Waals surface area contributed by atoms with E-state index in [0.29, 0.717) is 17.9 Å². The maximum atomic E-state index is 6.08. The van der Waals surface area contributed by atoms with Gasteiger partial charge in [0.2, 0.25) is 5.89 Å². The summed E-state index contributed by atoms with van der Waals surface area (Å²) in [6, 6.07) is 0.405. The van der Waals surface area contributed by atoms with Crippen molar-refractivity contribution in [2.75, 3.05) is 13.7 Å². The van der Waals surface area contributed by atoms with Gasteiger partial charge in [0, 0.05) is 31.1 Å². The van der Waals surface area contributed by atoms with Crippen LogP contribution in [0.4, 0.5) is 0 Å². The average Bonchev–Trinajstić information content (AvgIpc) is 3.02.